The number of hydrogen-bond donors (Lipinski definition) is 2. The van der Waals surface area contributed by atoms with Crippen molar-refractivity contribution in [2.75, 3.05) is 17.7 Å². The van der Waals surface area contributed by atoms with E-state index >= 15 is 0 Å². The van der Waals surface area contributed by atoms with Crippen LogP contribution >= 0.6 is 0 Å². The molecule has 0 bridgehead atoms. The van der Waals surface area contributed by atoms with Gasteiger partial charge < -0.3 is 5.32 Å². The lowest BCUT2D eigenvalue weighted by atomic mass is 10.4. The highest BCUT2D eigenvalue weighted by Crippen LogP contribution is 2.05. The van der Waals surface area contributed by atoms with Gasteiger partial charge in [-0.05, 0) is 13.8 Å². The van der Waals surface area contributed by atoms with Crippen LogP contribution in [0.15, 0.2) is 12.4 Å². The van der Waals surface area contributed by atoms with Gasteiger partial charge in [-0.15, -0.1) is 5.10 Å². The highest BCUT2D eigenvalue weighted by atomic mass is 16.2. The third kappa shape index (κ3) is 2.97. The summed E-state index contributed by atoms with van der Waals surface area (Å²) < 4.78 is 0. The highest BCUT2D eigenvalue weighted by Gasteiger charge is 2.11. The first kappa shape index (κ1) is 12.8. The van der Waals surface area contributed by atoms with E-state index < -0.39 is 5.91 Å². The molecule has 0 saturated heterocycles. The summed E-state index contributed by atoms with van der Waals surface area (Å²) in [5.74, 6) is 0.299. The van der Waals surface area contributed by atoms with Gasteiger partial charge in [-0.25, -0.2) is 15.0 Å². The van der Waals surface area contributed by atoms with E-state index in [1.54, 1.807) is 20.9 Å². The first-order valence-electron chi connectivity index (χ1n) is 5.59. The number of rotatable bonds is 3. The summed E-state index contributed by atoms with van der Waals surface area (Å²) in [5.41, 5.74) is 1.61. The lowest BCUT2D eigenvalue weighted by Gasteiger charge is -2.04. The SMILES string of the molecule is CNc1cnc(C(=O)Nc2nnc(C)c(C)n2)cn1. The third-order valence-corrected chi connectivity index (χ3v) is 2.46. The predicted molar refractivity (Wildman–Crippen MR) is 68.8 cm³/mol. The van der Waals surface area contributed by atoms with Gasteiger partial charge in [-0.1, -0.05) is 0 Å². The molecule has 8 heteroatoms. The Morgan fingerprint density at radius 2 is 1.89 bits per heavy atom. The summed E-state index contributed by atoms with van der Waals surface area (Å²) in [4.78, 5) is 23.9. The molecule has 2 N–H and O–H groups in total. The molecular formula is C11H13N7O. The third-order valence-electron chi connectivity index (χ3n) is 2.46. The van der Waals surface area contributed by atoms with Crippen LogP contribution in [-0.4, -0.2) is 38.1 Å². The summed E-state index contributed by atoms with van der Waals surface area (Å²) in [6, 6.07) is 0. The molecular weight excluding hydrogens is 246 g/mol. The lowest BCUT2D eigenvalue weighted by molar-refractivity contribution is 0.102. The molecule has 0 aliphatic rings. The van der Waals surface area contributed by atoms with Crippen molar-refractivity contribution in [3.63, 3.8) is 0 Å². The van der Waals surface area contributed by atoms with E-state index in [0.29, 0.717) is 11.5 Å². The van der Waals surface area contributed by atoms with E-state index in [9.17, 15) is 4.79 Å². The van der Waals surface area contributed by atoms with Crippen molar-refractivity contribution >= 4 is 17.7 Å². The van der Waals surface area contributed by atoms with Crippen LogP contribution in [0.5, 0.6) is 0 Å². The lowest BCUT2D eigenvalue weighted by Crippen LogP contribution is -2.17. The summed E-state index contributed by atoms with van der Waals surface area (Å²) in [5, 5.41) is 13.0. The molecule has 98 valence electrons. The first-order chi connectivity index (χ1) is 9.10. The van der Waals surface area contributed by atoms with Crippen molar-refractivity contribution in [3.8, 4) is 0 Å². The standard InChI is InChI=1S/C11H13N7O/c1-6-7(2)17-18-11(15-6)16-10(19)8-4-14-9(12-3)5-13-8/h4-5H,1-3H3,(H,12,14)(H,15,16,18,19). The van der Waals surface area contributed by atoms with Crippen LogP contribution < -0.4 is 10.6 Å². The van der Waals surface area contributed by atoms with Crippen molar-refractivity contribution in [1.82, 2.24) is 25.1 Å². The van der Waals surface area contributed by atoms with E-state index in [2.05, 4.69) is 35.8 Å². The van der Waals surface area contributed by atoms with Gasteiger partial charge in [-0.2, -0.15) is 5.10 Å². The fourth-order valence-electron chi connectivity index (χ4n) is 1.25. The maximum atomic E-state index is 11.9. The Kier molecular flexibility index (Phi) is 3.60. The van der Waals surface area contributed by atoms with E-state index in [0.717, 1.165) is 5.69 Å². The molecule has 1 amide bonds. The Morgan fingerprint density at radius 3 is 2.47 bits per heavy atom. The summed E-state index contributed by atoms with van der Waals surface area (Å²) >= 11 is 0. The normalized spacial score (nSPS) is 10.1. The Bertz CT molecular complexity index is 596. The Labute approximate surface area is 109 Å². The number of nitrogens with zero attached hydrogens (tertiary/aromatic N) is 5. The van der Waals surface area contributed by atoms with Gasteiger partial charge in [0.1, 0.15) is 11.5 Å². The van der Waals surface area contributed by atoms with Crippen LogP contribution in [0.4, 0.5) is 11.8 Å². The number of amides is 1. The van der Waals surface area contributed by atoms with E-state index in [-0.39, 0.29) is 11.6 Å². The minimum atomic E-state index is -0.430. The zero-order valence-corrected chi connectivity index (χ0v) is 10.8. The van der Waals surface area contributed by atoms with E-state index in [1.807, 2.05) is 0 Å². The second-order valence-electron chi connectivity index (χ2n) is 3.80. The molecule has 2 aromatic heterocycles. The molecule has 0 aliphatic carbocycles. The minimum absolute atomic E-state index is 0.146. The van der Waals surface area contributed by atoms with Crippen LogP contribution in [-0.2, 0) is 0 Å². The fourth-order valence-corrected chi connectivity index (χ4v) is 1.25. The van der Waals surface area contributed by atoms with Gasteiger partial charge >= 0.3 is 0 Å². The molecule has 0 atom stereocenters. The Morgan fingerprint density at radius 1 is 1.11 bits per heavy atom. The monoisotopic (exact) mass is 259 g/mol. The Hall–Kier alpha value is -2.64. The van der Waals surface area contributed by atoms with Gasteiger partial charge in [0, 0.05) is 7.05 Å². The quantitative estimate of drug-likeness (QED) is 0.830. The molecule has 0 spiro atoms. The van der Waals surface area contributed by atoms with Gasteiger partial charge in [0.15, 0.2) is 0 Å². The fraction of sp³-hybridized carbons (Fsp3) is 0.273. The number of aromatic nitrogens is 5. The van der Waals surface area contributed by atoms with Crippen LogP contribution in [0, 0.1) is 13.8 Å². The average Bonchev–Trinajstić information content (AvgIpc) is 2.43. The maximum Gasteiger partial charge on any atom is 0.278 e. The minimum Gasteiger partial charge on any atom is -0.372 e. The van der Waals surface area contributed by atoms with Crippen LogP contribution in [0.1, 0.15) is 21.9 Å². The van der Waals surface area contributed by atoms with Crippen molar-refractivity contribution in [2.24, 2.45) is 0 Å². The number of carbonyl (C=O) groups excluding carboxylic acids is 1. The number of carbonyl (C=O) groups is 1. The molecule has 0 radical (unpaired) electrons. The second kappa shape index (κ2) is 5.34. The van der Waals surface area contributed by atoms with Gasteiger partial charge in [0.2, 0.25) is 5.95 Å². The molecule has 0 unspecified atom stereocenters. The Balaban J connectivity index is 2.13. The van der Waals surface area contributed by atoms with Crippen LogP contribution in [0.2, 0.25) is 0 Å². The zero-order valence-electron chi connectivity index (χ0n) is 10.8. The molecule has 2 aromatic rings. The molecule has 2 rings (SSSR count). The summed E-state index contributed by atoms with van der Waals surface area (Å²) in [7, 11) is 1.72. The molecule has 19 heavy (non-hydrogen) atoms. The molecule has 8 nitrogen and oxygen atoms in total. The number of anilines is 2. The van der Waals surface area contributed by atoms with Gasteiger partial charge in [0.25, 0.3) is 5.91 Å². The van der Waals surface area contributed by atoms with Crippen molar-refractivity contribution in [1.29, 1.82) is 0 Å². The number of nitrogens with one attached hydrogen (secondary N) is 2. The van der Waals surface area contributed by atoms with Crippen molar-refractivity contribution < 1.29 is 4.79 Å². The molecule has 0 fully saturated rings. The van der Waals surface area contributed by atoms with E-state index in [1.165, 1.54) is 12.4 Å². The van der Waals surface area contributed by atoms with E-state index in [4.69, 9.17) is 0 Å². The number of hydrogen-bond acceptors (Lipinski definition) is 7. The van der Waals surface area contributed by atoms with Crippen LogP contribution in [0.3, 0.4) is 0 Å². The predicted octanol–water partition coefficient (Wildman–Crippen LogP) is 0.572. The number of aryl methyl sites for hydroxylation is 2. The van der Waals surface area contributed by atoms with Crippen molar-refractivity contribution in [3.05, 3.63) is 29.5 Å². The average molecular weight is 259 g/mol. The largest absolute Gasteiger partial charge is 0.372 e. The molecule has 0 aliphatic heterocycles. The molecule has 2 heterocycles. The summed E-state index contributed by atoms with van der Waals surface area (Å²) in [6.07, 6.45) is 2.84. The second-order valence-corrected chi connectivity index (χ2v) is 3.80. The summed E-state index contributed by atoms with van der Waals surface area (Å²) in [6.45, 7) is 3.59. The van der Waals surface area contributed by atoms with Crippen LogP contribution in [0.25, 0.3) is 0 Å². The van der Waals surface area contributed by atoms with Gasteiger partial charge in [0.05, 0.1) is 23.8 Å². The van der Waals surface area contributed by atoms with Crippen molar-refractivity contribution in [2.45, 2.75) is 13.8 Å². The highest BCUT2D eigenvalue weighted by molar-refractivity contribution is 6.01. The van der Waals surface area contributed by atoms with Gasteiger partial charge in [-0.3, -0.25) is 10.1 Å². The molecule has 0 saturated carbocycles. The zero-order chi connectivity index (χ0) is 13.8. The smallest absolute Gasteiger partial charge is 0.278 e. The first-order valence-corrected chi connectivity index (χ1v) is 5.59. The topological polar surface area (TPSA) is 106 Å². The maximum absolute atomic E-state index is 11.9. The molecule has 0 aromatic carbocycles.